The Morgan fingerprint density at radius 2 is 1.85 bits per heavy atom. The second-order valence-corrected chi connectivity index (χ2v) is 6.86. The summed E-state index contributed by atoms with van der Waals surface area (Å²) in [4.78, 5) is 0. The zero-order chi connectivity index (χ0) is 14.0. The van der Waals surface area contributed by atoms with Gasteiger partial charge in [-0.3, -0.25) is 0 Å². The smallest absolute Gasteiger partial charge is 0.145 e. The van der Waals surface area contributed by atoms with Crippen LogP contribution in [-0.2, 0) is 5.41 Å². The standard InChI is InChI=1S/C17H23ClFN/c18-15-7-5-6-14(16(15)19)17(12-20-13-8-9-13)10-3-1-2-4-11-17/h5-7,13,20H,1-4,8-12H2. The van der Waals surface area contributed by atoms with E-state index in [9.17, 15) is 4.39 Å². The molecule has 0 unspecified atom stereocenters. The third kappa shape index (κ3) is 3.01. The SMILES string of the molecule is Fc1c(Cl)cccc1C1(CNC2CC2)CCCCCC1. The molecule has 3 heteroatoms. The molecule has 0 aliphatic heterocycles. The number of hydrogen-bond acceptors (Lipinski definition) is 1. The van der Waals surface area contributed by atoms with Crippen molar-refractivity contribution in [2.75, 3.05) is 6.54 Å². The number of halogens is 2. The van der Waals surface area contributed by atoms with Crippen molar-refractivity contribution in [1.82, 2.24) is 5.32 Å². The summed E-state index contributed by atoms with van der Waals surface area (Å²) in [6.45, 7) is 0.898. The average molecular weight is 296 g/mol. The Morgan fingerprint density at radius 3 is 2.50 bits per heavy atom. The fraction of sp³-hybridized carbons (Fsp3) is 0.647. The van der Waals surface area contributed by atoms with Crippen LogP contribution < -0.4 is 5.32 Å². The summed E-state index contributed by atoms with van der Waals surface area (Å²) >= 11 is 6.02. The third-order valence-electron chi connectivity index (χ3n) is 4.89. The maximum Gasteiger partial charge on any atom is 0.145 e. The molecule has 2 fully saturated rings. The minimum Gasteiger partial charge on any atom is -0.313 e. The van der Waals surface area contributed by atoms with Gasteiger partial charge in [0.25, 0.3) is 0 Å². The topological polar surface area (TPSA) is 12.0 Å². The molecule has 1 nitrogen and oxygen atoms in total. The van der Waals surface area contributed by atoms with Crippen LogP contribution in [0.2, 0.25) is 5.02 Å². The molecule has 2 saturated carbocycles. The minimum absolute atomic E-state index is 0.0614. The lowest BCUT2D eigenvalue weighted by atomic mass is 9.74. The van der Waals surface area contributed by atoms with E-state index in [4.69, 9.17) is 11.6 Å². The van der Waals surface area contributed by atoms with Gasteiger partial charge in [-0.1, -0.05) is 49.4 Å². The minimum atomic E-state index is -0.200. The van der Waals surface area contributed by atoms with Gasteiger partial charge in [0.05, 0.1) is 5.02 Å². The maximum atomic E-state index is 14.5. The van der Waals surface area contributed by atoms with Crippen molar-refractivity contribution in [1.29, 1.82) is 0 Å². The number of benzene rings is 1. The second kappa shape index (κ2) is 6.03. The van der Waals surface area contributed by atoms with Crippen molar-refractivity contribution >= 4 is 11.6 Å². The molecule has 2 aliphatic rings. The van der Waals surface area contributed by atoms with Crippen molar-refractivity contribution < 1.29 is 4.39 Å². The molecule has 0 atom stereocenters. The Bertz CT molecular complexity index is 462. The number of nitrogens with one attached hydrogen (secondary N) is 1. The van der Waals surface area contributed by atoms with Crippen molar-refractivity contribution in [2.24, 2.45) is 0 Å². The Kier molecular flexibility index (Phi) is 4.32. The summed E-state index contributed by atoms with van der Waals surface area (Å²) in [5.41, 5.74) is 0.772. The zero-order valence-electron chi connectivity index (χ0n) is 11.9. The van der Waals surface area contributed by atoms with Gasteiger partial charge in [0.15, 0.2) is 0 Å². The summed E-state index contributed by atoms with van der Waals surface area (Å²) in [6, 6.07) is 6.16. The molecular weight excluding hydrogens is 273 g/mol. The predicted molar refractivity (Wildman–Crippen MR) is 81.8 cm³/mol. The van der Waals surface area contributed by atoms with Gasteiger partial charge in [-0.05, 0) is 37.3 Å². The van der Waals surface area contributed by atoms with Gasteiger partial charge in [-0.15, -0.1) is 0 Å². The van der Waals surface area contributed by atoms with E-state index in [1.807, 2.05) is 12.1 Å². The number of rotatable bonds is 4. The normalized spacial score (nSPS) is 22.5. The third-order valence-corrected chi connectivity index (χ3v) is 5.18. The van der Waals surface area contributed by atoms with E-state index in [2.05, 4.69) is 5.32 Å². The van der Waals surface area contributed by atoms with Gasteiger partial charge >= 0.3 is 0 Å². The van der Waals surface area contributed by atoms with Gasteiger partial charge in [0.2, 0.25) is 0 Å². The van der Waals surface area contributed by atoms with Crippen LogP contribution in [0.3, 0.4) is 0 Å². The number of hydrogen-bond donors (Lipinski definition) is 1. The van der Waals surface area contributed by atoms with E-state index in [0.29, 0.717) is 6.04 Å². The molecule has 3 rings (SSSR count). The first-order valence-electron chi connectivity index (χ1n) is 7.89. The van der Waals surface area contributed by atoms with Gasteiger partial charge in [-0.25, -0.2) is 4.39 Å². The highest BCUT2D eigenvalue weighted by Crippen LogP contribution is 2.41. The molecule has 0 aromatic heterocycles. The Morgan fingerprint density at radius 1 is 1.15 bits per heavy atom. The molecule has 20 heavy (non-hydrogen) atoms. The lowest BCUT2D eigenvalue weighted by Crippen LogP contribution is -2.39. The Balaban J connectivity index is 1.91. The molecule has 0 radical (unpaired) electrons. The largest absolute Gasteiger partial charge is 0.313 e. The average Bonchev–Trinajstić information content (AvgIpc) is 3.26. The Hall–Kier alpha value is -0.600. The predicted octanol–water partition coefficient (Wildman–Crippen LogP) is 4.82. The molecule has 0 amide bonds. The molecule has 1 aromatic rings. The molecule has 0 heterocycles. The molecule has 0 saturated heterocycles. The molecule has 0 bridgehead atoms. The summed E-state index contributed by atoms with van der Waals surface area (Å²) in [5, 5.41) is 3.89. The van der Waals surface area contributed by atoms with Gasteiger partial charge in [-0.2, -0.15) is 0 Å². The van der Waals surface area contributed by atoms with Gasteiger partial charge in [0, 0.05) is 18.0 Å². The van der Waals surface area contributed by atoms with Crippen LogP contribution in [0.4, 0.5) is 4.39 Å². The van der Waals surface area contributed by atoms with E-state index >= 15 is 0 Å². The van der Waals surface area contributed by atoms with E-state index in [-0.39, 0.29) is 16.3 Å². The summed E-state index contributed by atoms with van der Waals surface area (Å²) in [7, 11) is 0. The molecule has 1 aromatic carbocycles. The van der Waals surface area contributed by atoms with E-state index in [1.165, 1.54) is 38.5 Å². The van der Waals surface area contributed by atoms with Crippen LogP contribution in [0, 0.1) is 5.82 Å². The first kappa shape index (κ1) is 14.3. The van der Waals surface area contributed by atoms with Crippen LogP contribution in [0.1, 0.15) is 56.9 Å². The summed E-state index contributed by atoms with van der Waals surface area (Å²) in [5.74, 6) is -0.200. The molecule has 2 aliphatic carbocycles. The lowest BCUT2D eigenvalue weighted by Gasteiger charge is -2.34. The zero-order valence-corrected chi connectivity index (χ0v) is 12.7. The van der Waals surface area contributed by atoms with Crippen LogP contribution in [-0.4, -0.2) is 12.6 Å². The molecule has 0 spiro atoms. The monoisotopic (exact) mass is 295 g/mol. The molecule has 110 valence electrons. The lowest BCUT2D eigenvalue weighted by molar-refractivity contribution is 0.333. The van der Waals surface area contributed by atoms with E-state index in [1.54, 1.807) is 6.07 Å². The van der Waals surface area contributed by atoms with Gasteiger partial charge in [0.1, 0.15) is 5.82 Å². The van der Waals surface area contributed by atoms with Crippen LogP contribution in [0.25, 0.3) is 0 Å². The maximum absolute atomic E-state index is 14.5. The van der Waals surface area contributed by atoms with Crippen LogP contribution >= 0.6 is 11.6 Å². The van der Waals surface area contributed by atoms with Crippen LogP contribution in [0.5, 0.6) is 0 Å². The van der Waals surface area contributed by atoms with Crippen molar-refractivity contribution in [3.63, 3.8) is 0 Å². The fourth-order valence-corrected chi connectivity index (χ4v) is 3.66. The Labute approximate surface area is 125 Å². The quantitative estimate of drug-likeness (QED) is 0.785. The van der Waals surface area contributed by atoms with Crippen molar-refractivity contribution in [3.05, 3.63) is 34.6 Å². The van der Waals surface area contributed by atoms with Crippen molar-refractivity contribution in [2.45, 2.75) is 62.8 Å². The van der Waals surface area contributed by atoms with Crippen LogP contribution in [0.15, 0.2) is 18.2 Å². The first-order valence-corrected chi connectivity index (χ1v) is 8.27. The highest BCUT2D eigenvalue weighted by Gasteiger charge is 2.37. The fourth-order valence-electron chi connectivity index (χ4n) is 3.49. The molecule has 1 N–H and O–H groups in total. The van der Waals surface area contributed by atoms with E-state index < -0.39 is 0 Å². The van der Waals surface area contributed by atoms with Gasteiger partial charge < -0.3 is 5.32 Å². The second-order valence-electron chi connectivity index (χ2n) is 6.45. The molecular formula is C17H23ClFN. The first-order chi connectivity index (χ1) is 9.71. The van der Waals surface area contributed by atoms with Crippen molar-refractivity contribution in [3.8, 4) is 0 Å². The highest BCUT2D eigenvalue weighted by molar-refractivity contribution is 6.30. The van der Waals surface area contributed by atoms with E-state index in [0.717, 1.165) is 24.9 Å². The highest BCUT2D eigenvalue weighted by atomic mass is 35.5. The summed E-state index contributed by atoms with van der Waals surface area (Å²) < 4.78 is 14.5. The summed E-state index contributed by atoms with van der Waals surface area (Å²) in [6.07, 6.45) is 9.62.